The molecule has 3 aromatic rings. The minimum Gasteiger partial charge on any atom is -0.477 e. The number of rotatable bonds is 2. The molecule has 1 aromatic carbocycles. The Labute approximate surface area is 122 Å². The first-order valence-corrected chi connectivity index (χ1v) is 7.46. The smallest absolute Gasteiger partial charge is 0.347 e. The molecule has 0 aliphatic heterocycles. The summed E-state index contributed by atoms with van der Waals surface area (Å²) in [5, 5.41) is 11.2. The van der Waals surface area contributed by atoms with E-state index >= 15 is 0 Å². The van der Waals surface area contributed by atoms with Crippen LogP contribution in [0.4, 0.5) is 0 Å². The summed E-state index contributed by atoms with van der Waals surface area (Å²) in [5.74, 6) is -0.896. The van der Waals surface area contributed by atoms with Crippen molar-refractivity contribution in [1.29, 1.82) is 0 Å². The summed E-state index contributed by atoms with van der Waals surface area (Å²) in [6.45, 7) is 2.07. The highest BCUT2D eigenvalue weighted by Gasteiger charge is 2.19. The van der Waals surface area contributed by atoms with Crippen LogP contribution in [0.2, 0.25) is 0 Å². The van der Waals surface area contributed by atoms with Crippen molar-refractivity contribution in [2.24, 2.45) is 0 Å². The third-order valence-corrected chi connectivity index (χ3v) is 5.44. The average Bonchev–Trinajstić information content (AvgIpc) is 2.76. The van der Waals surface area contributed by atoms with Gasteiger partial charge in [-0.2, -0.15) is 0 Å². The molecule has 0 radical (unpaired) electrons. The van der Waals surface area contributed by atoms with E-state index in [1.807, 2.05) is 18.2 Å². The molecule has 0 saturated carbocycles. The quantitative estimate of drug-likeness (QED) is 0.751. The fourth-order valence-electron chi connectivity index (χ4n) is 2.25. The van der Waals surface area contributed by atoms with Gasteiger partial charge < -0.3 is 5.11 Å². The van der Waals surface area contributed by atoms with Gasteiger partial charge in [0.1, 0.15) is 4.88 Å². The molecular weight excluding hydrogens is 326 g/mol. The Kier molecular flexibility index (Phi) is 3.03. The number of hydrogen-bond donors (Lipinski definition) is 1. The maximum atomic E-state index is 11.3. The van der Waals surface area contributed by atoms with Crippen LogP contribution in [0.3, 0.4) is 0 Å². The fourth-order valence-corrected chi connectivity index (χ4v) is 4.34. The molecule has 2 heterocycles. The van der Waals surface area contributed by atoms with Crippen molar-refractivity contribution < 1.29 is 9.90 Å². The molecule has 0 aliphatic rings. The number of benzene rings is 1. The molecular formula is C14H10BrNO2S. The molecule has 5 heteroatoms. The topological polar surface area (TPSA) is 50.2 Å². The van der Waals surface area contributed by atoms with E-state index in [0.29, 0.717) is 9.35 Å². The first-order valence-electron chi connectivity index (χ1n) is 5.85. The Morgan fingerprint density at radius 1 is 1.53 bits per heavy atom. The lowest BCUT2D eigenvalue weighted by Gasteiger charge is -2.04. The van der Waals surface area contributed by atoms with E-state index in [4.69, 9.17) is 0 Å². The molecule has 0 aliphatic carbocycles. The van der Waals surface area contributed by atoms with Gasteiger partial charge in [0.25, 0.3) is 0 Å². The first-order chi connectivity index (χ1) is 9.13. The van der Waals surface area contributed by atoms with Crippen LogP contribution in [-0.2, 0) is 6.42 Å². The van der Waals surface area contributed by atoms with E-state index in [9.17, 15) is 9.90 Å². The lowest BCUT2D eigenvalue weighted by atomic mass is 10.1. The molecule has 0 saturated heterocycles. The summed E-state index contributed by atoms with van der Waals surface area (Å²) in [4.78, 5) is 16.0. The van der Waals surface area contributed by atoms with Gasteiger partial charge in [-0.05, 0) is 40.0 Å². The molecule has 0 amide bonds. The molecule has 0 bridgehead atoms. The van der Waals surface area contributed by atoms with Crippen molar-refractivity contribution in [3.05, 3.63) is 39.3 Å². The average molecular weight is 336 g/mol. The highest BCUT2D eigenvalue weighted by atomic mass is 79.9. The van der Waals surface area contributed by atoms with Crippen molar-refractivity contribution in [3.63, 3.8) is 0 Å². The summed E-state index contributed by atoms with van der Waals surface area (Å²) in [6.07, 6.45) is 2.61. The van der Waals surface area contributed by atoms with E-state index in [1.165, 1.54) is 11.3 Å². The van der Waals surface area contributed by atoms with Crippen LogP contribution in [0, 0.1) is 0 Å². The Hall–Kier alpha value is -1.46. The molecule has 2 aromatic heterocycles. The van der Waals surface area contributed by atoms with Crippen molar-refractivity contribution in [2.45, 2.75) is 13.3 Å². The highest BCUT2D eigenvalue weighted by Crippen LogP contribution is 2.41. The lowest BCUT2D eigenvalue weighted by molar-refractivity contribution is 0.0701. The molecule has 0 fully saturated rings. The number of nitrogens with zero attached hydrogens (tertiary/aromatic N) is 1. The summed E-state index contributed by atoms with van der Waals surface area (Å²) in [5.41, 5.74) is 2.04. The van der Waals surface area contributed by atoms with Gasteiger partial charge in [0, 0.05) is 21.7 Å². The zero-order valence-electron chi connectivity index (χ0n) is 10.1. The molecule has 96 valence electrons. The SMILES string of the molecule is CCc1cc2ncccc2c2c(Br)c(C(=O)O)sc12. The number of aryl methyl sites for hydroxylation is 1. The number of aromatic carboxylic acids is 1. The monoisotopic (exact) mass is 335 g/mol. The summed E-state index contributed by atoms with van der Waals surface area (Å²) < 4.78 is 1.69. The van der Waals surface area contributed by atoms with Crippen LogP contribution in [0.5, 0.6) is 0 Å². The van der Waals surface area contributed by atoms with Crippen molar-refractivity contribution in [1.82, 2.24) is 4.98 Å². The largest absolute Gasteiger partial charge is 0.477 e. The van der Waals surface area contributed by atoms with Crippen LogP contribution in [0.1, 0.15) is 22.2 Å². The summed E-state index contributed by atoms with van der Waals surface area (Å²) in [7, 11) is 0. The van der Waals surface area contributed by atoms with Crippen molar-refractivity contribution in [3.8, 4) is 0 Å². The maximum Gasteiger partial charge on any atom is 0.347 e. The molecule has 0 atom stereocenters. The lowest BCUT2D eigenvalue weighted by Crippen LogP contribution is -1.91. The minimum atomic E-state index is -0.896. The Morgan fingerprint density at radius 3 is 3.00 bits per heavy atom. The maximum absolute atomic E-state index is 11.3. The molecule has 0 unspecified atom stereocenters. The van der Waals surface area contributed by atoms with E-state index in [-0.39, 0.29) is 0 Å². The number of aromatic nitrogens is 1. The molecule has 3 nitrogen and oxygen atoms in total. The number of carbonyl (C=O) groups is 1. The van der Waals surface area contributed by atoms with Gasteiger partial charge in [-0.3, -0.25) is 4.98 Å². The number of carboxylic acid groups (broad SMARTS) is 1. The second kappa shape index (κ2) is 4.58. The van der Waals surface area contributed by atoms with Crippen molar-refractivity contribution in [2.75, 3.05) is 0 Å². The van der Waals surface area contributed by atoms with Gasteiger partial charge in [-0.25, -0.2) is 4.79 Å². The van der Waals surface area contributed by atoms with E-state index in [2.05, 4.69) is 27.8 Å². The van der Waals surface area contributed by atoms with Gasteiger partial charge in [0.05, 0.1) is 9.99 Å². The molecule has 3 rings (SSSR count). The Bertz CT molecular complexity index is 810. The van der Waals surface area contributed by atoms with Gasteiger partial charge in [0.15, 0.2) is 0 Å². The predicted octanol–water partition coefficient (Wildman–Crippen LogP) is 4.47. The van der Waals surface area contributed by atoms with Crippen LogP contribution in [-0.4, -0.2) is 16.1 Å². The summed E-state index contributed by atoms with van der Waals surface area (Å²) in [6, 6.07) is 5.90. The van der Waals surface area contributed by atoms with Crippen molar-refractivity contribution >= 4 is 54.2 Å². The number of fused-ring (bicyclic) bond motifs is 3. The van der Waals surface area contributed by atoms with Gasteiger partial charge >= 0.3 is 5.97 Å². The Morgan fingerprint density at radius 2 is 2.32 bits per heavy atom. The number of pyridine rings is 1. The molecule has 0 spiro atoms. The summed E-state index contributed by atoms with van der Waals surface area (Å²) >= 11 is 4.76. The number of halogens is 1. The van der Waals surface area contributed by atoms with Crippen LogP contribution >= 0.6 is 27.3 Å². The molecule has 19 heavy (non-hydrogen) atoms. The Balaban J connectivity index is 2.56. The second-order valence-corrected chi connectivity index (χ2v) is 6.03. The third kappa shape index (κ3) is 1.84. The van der Waals surface area contributed by atoms with E-state index in [0.717, 1.165) is 33.0 Å². The number of thiophene rings is 1. The number of hydrogen-bond acceptors (Lipinski definition) is 3. The van der Waals surface area contributed by atoms with Crippen LogP contribution < -0.4 is 0 Å². The number of carboxylic acids is 1. The second-order valence-electron chi connectivity index (χ2n) is 4.21. The minimum absolute atomic E-state index is 0.348. The standard InChI is InChI=1S/C14H10BrNO2S/c1-2-7-6-9-8(4-3-5-16-9)10-11(15)13(14(17)18)19-12(7)10/h3-6H,2H2,1H3,(H,17,18). The van der Waals surface area contributed by atoms with Gasteiger partial charge in [-0.1, -0.05) is 13.0 Å². The zero-order chi connectivity index (χ0) is 13.6. The predicted molar refractivity (Wildman–Crippen MR) is 81.2 cm³/mol. The molecule has 1 N–H and O–H groups in total. The van der Waals surface area contributed by atoms with E-state index < -0.39 is 5.97 Å². The first kappa shape index (κ1) is 12.6. The van der Waals surface area contributed by atoms with Gasteiger partial charge in [0.2, 0.25) is 0 Å². The van der Waals surface area contributed by atoms with E-state index in [1.54, 1.807) is 6.20 Å². The van der Waals surface area contributed by atoms with Crippen LogP contribution in [0.15, 0.2) is 28.9 Å². The van der Waals surface area contributed by atoms with Crippen LogP contribution in [0.25, 0.3) is 21.0 Å². The van der Waals surface area contributed by atoms with Gasteiger partial charge in [-0.15, -0.1) is 11.3 Å². The third-order valence-electron chi connectivity index (χ3n) is 3.14. The normalized spacial score (nSPS) is 11.3. The zero-order valence-corrected chi connectivity index (χ0v) is 12.5. The fraction of sp³-hybridized carbons (Fsp3) is 0.143. The highest BCUT2D eigenvalue weighted by molar-refractivity contribution is 9.10.